The monoisotopic (exact) mass is 265 g/mol. The summed E-state index contributed by atoms with van der Waals surface area (Å²) < 4.78 is 7.49. The fourth-order valence-electron chi connectivity index (χ4n) is 2.73. The molecule has 1 aliphatic rings. The van der Waals surface area contributed by atoms with Crippen molar-refractivity contribution in [3.8, 4) is 0 Å². The minimum atomic E-state index is 0.557. The fraction of sp³-hybridized carbons (Fsp3) is 0.800. The summed E-state index contributed by atoms with van der Waals surface area (Å²) in [5, 5.41) is 8.04. The van der Waals surface area contributed by atoms with E-state index in [-0.39, 0.29) is 0 Å². The predicted molar refractivity (Wildman–Crippen MR) is 77.2 cm³/mol. The normalized spacial score (nSPS) is 20.8. The Balaban J connectivity index is 1.87. The molecule has 1 aromatic heterocycles. The molecule has 1 aromatic rings. The molecule has 0 amide bonds. The molecule has 1 aliphatic heterocycles. The Morgan fingerprint density at radius 2 is 2.42 bits per heavy atom. The first kappa shape index (κ1) is 14.5. The highest BCUT2D eigenvalue weighted by Gasteiger charge is 2.21. The molecule has 0 spiro atoms. The molecular weight excluding hydrogens is 238 g/mol. The first-order valence-corrected chi connectivity index (χ1v) is 7.64. The number of hydrogen-bond donors (Lipinski definition) is 1. The van der Waals surface area contributed by atoms with Gasteiger partial charge in [-0.25, -0.2) is 0 Å². The lowest BCUT2D eigenvalue weighted by molar-refractivity contribution is 0.181. The Kier molecular flexibility index (Phi) is 5.86. The molecule has 2 heterocycles. The molecule has 0 bridgehead atoms. The SMILES string of the molecule is CCCNC(Cc1cnn(CC)c1)CC1CCOC1. The summed E-state index contributed by atoms with van der Waals surface area (Å²) in [6, 6.07) is 0.557. The first-order valence-electron chi connectivity index (χ1n) is 7.64. The van der Waals surface area contributed by atoms with Crippen LogP contribution in [0.25, 0.3) is 0 Å². The number of aromatic nitrogens is 2. The first-order chi connectivity index (χ1) is 9.31. The lowest BCUT2D eigenvalue weighted by atomic mass is 9.95. The van der Waals surface area contributed by atoms with Crippen molar-refractivity contribution in [3.63, 3.8) is 0 Å². The molecule has 2 unspecified atom stereocenters. The van der Waals surface area contributed by atoms with Gasteiger partial charge in [-0.2, -0.15) is 5.10 Å². The standard InChI is InChI=1S/C15H27N3O/c1-3-6-16-15(8-13-5-7-19-12-13)9-14-10-17-18(4-2)11-14/h10-11,13,15-16H,3-9,12H2,1-2H3. The molecule has 2 rings (SSSR count). The van der Waals surface area contributed by atoms with E-state index in [4.69, 9.17) is 4.74 Å². The van der Waals surface area contributed by atoms with E-state index in [0.29, 0.717) is 6.04 Å². The van der Waals surface area contributed by atoms with Crippen LogP contribution < -0.4 is 5.32 Å². The van der Waals surface area contributed by atoms with Crippen LogP contribution in [0.2, 0.25) is 0 Å². The molecule has 0 radical (unpaired) electrons. The van der Waals surface area contributed by atoms with Crippen LogP contribution in [0.1, 0.15) is 38.7 Å². The van der Waals surface area contributed by atoms with E-state index in [0.717, 1.165) is 38.6 Å². The van der Waals surface area contributed by atoms with Crippen LogP contribution in [0.15, 0.2) is 12.4 Å². The lowest BCUT2D eigenvalue weighted by Crippen LogP contribution is -2.33. The Morgan fingerprint density at radius 1 is 1.53 bits per heavy atom. The zero-order valence-corrected chi connectivity index (χ0v) is 12.3. The third-order valence-electron chi connectivity index (χ3n) is 3.82. The highest BCUT2D eigenvalue weighted by atomic mass is 16.5. The van der Waals surface area contributed by atoms with Crippen molar-refractivity contribution in [2.75, 3.05) is 19.8 Å². The minimum Gasteiger partial charge on any atom is -0.381 e. The molecule has 0 aromatic carbocycles. The number of hydrogen-bond acceptors (Lipinski definition) is 3. The van der Waals surface area contributed by atoms with E-state index in [1.807, 2.05) is 10.9 Å². The molecule has 4 nitrogen and oxygen atoms in total. The minimum absolute atomic E-state index is 0.557. The zero-order valence-electron chi connectivity index (χ0n) is 12.3. The molecule has 108 valence electrons. The summed E-state index contributed by atoms with van der Waals surface area (Å²) in [5.41, 5.74) is 1.34. The van der Waals surface area contributed by atoms with Crippen LogP contribution in [-0.2, 0) is 17.7 Å². The molecule has 1 fully saturated rings. The zero-order chi connectivity index (χ0) is 13.5. The van der Waals surface area contributed by atoms with Crippen LogP contribution in [0.4, 0.5) is 0 Å². The second-order valence-corrected chi connectivity index (χ2v) is 5.52. The van der Waals surface area contributed by atoms with Gasteiger partial charge < -0.3 is 10.1 Å². The van der Waals surface area contributed by atoms with Crippen molar-refractivity contribution in [2.45, 2.75) is 52.1 Å². The van der Waals surface area contributed by atoms with E-state index in [1.165, 1.54) is 24.8 Å². The Morgan fingerprint density at radius 3 is 3.05 bits per heavy atom. The Hall–Kier alpha value is -0.870. The van der Waals surface area contributed by atoms with E-state index in [9.17, 15) is 0 Å². The maximum atomic E-state index is 5.49. The van der Waals surface area contributed by atoms with Gasteiger partial charge in [-0.15, -0.1) is 0 Å². The van der Waals surface area contributed by atoms with E-state index in [2.05, 4.69) is 30.5 Å². The van der Waals surface area contributed by atoms with Gasteiger partial charge in [-0.3, -0.25) is 4.68 Å². The molecule has 0 aliphatic carbocycles. The van der Waals surface area contributed by atoms with Crippen molar-refractivity contribution in [1.29, 1.82) is 0 Å². The predicted octanol–water partition coefficient (Wildman–Crippen LogP) is 2.24. The van der Waals surface area contributed by atoms with Gasteiger partial charge in [0.05, 0.1) is 6.20 Å². The van der Waals surface area contributed by atoms with Crippen molar-refractivity contribution < 1.29 is 4.74 Å². The average Bonchev–Trinajstić information content (AvgIpc) is 3.07. The van der Waals surface area contributed by atoms with Crippen LogP contribution >= 0.6 is 0 Å². The van der Waals surface area contributed by atoms with E-state index < -0.39 is 0 Å². The van der Waals surface area contributed by atoms with Gasteiger partial charge in [0.15, 0.2) is 0 Å². The summed E-state index contributed by atoms with van der Waals surface area (Å²) in [6.07, 6.45) is 8.89. The fourth-order valence-corrected chi connectivity index (χ4v) is 2.73. The molecule has 0 saturated carbocycles. The van der Waals surface area contributed by atoms with Crippen molar-refractivity contribution >= 4 is 0 Å². The summed E-state index contributed by atoms with van der Waals surface area (Å²) in [4.78, 5) is 0. The maximum Gasteiger partial charge on any atom is 0.0522 e. The second kappa shape index (κ2) is 7.65. The van der Waals surface area contributed by atoms with Crippen molar-refractivity contribution in [2.24, 2.45) is 5.92 Å². The van der Waals surface area contributed by atoms with Gasteiger partial charge in [0.1, 0.15) is 0 Å². The lowest BCUT2D eigenvalue weighted by Gasteiger charge is -2.20. The van der Waals surface area contributed by atoms with Gasteiger partial charge in [0.2, 0.25) is 0 Å². The molecule has 4 heteroatoms. The van der Waals surface area contributed by atoms with E-state index >= 15 is 0 Å². The smallest absolute Gasteiger partial charge is 0.0522 e. The number of nitrogens with one attached hydrogen (secondary N) is 1. The van der Waals surface area contributed by atoms with Gasteiger partial charge in [-0.1, -0.05) is 6.92 Å². The van der Waals surface area contributed by atoms with Crippen molar-refractivity contribution in [3.05, 3.63) is 18.0 Å². The third kappa shape index (κ3) is 4.62. The van der Waals surface area contributed by atoms with Crippen molar-refractivity contribution in [1.82, 2.24) is 15.1 Å². The molecule has 2 atom stereocenters. The molecule has 1 N–H and O–H groups in total. The van der Waals surface area contributed by atoms with E-state index in [1.54, 1.807) is 0 Å². The summed E-state index contributed by atoms with van der Waals surface area (Å²) in [5.74, 6) is 0.732. The number of nitrogens with zero attached hydrogens (tertiary/aromatic N) is 2. The maximum absolute atomic E-state index is 5.49. The largest absolute Gasteiger partial charge is 0.381 e. The molecule has 19 heavy (non-hydrogen) atoms. The summed E-state index contributed by atoms with van der Waals surface area (Å²) in [6.45, 7) is 8.28. The number of ether oxygens (including phenoxy) is 1. The average molecular weight is 265 g/mol. The Bertz CT molecular complexity index is 358. The topological polar surface area (TPSA) is 39.1 Å². The highest BCUT2D eigenvalue weighted by Crippen LogP contribution is 2.20. The van der Waals surface area contributed by atoms with Crippen LogP contribution in [0, 0.1) is 5.92 Å². The highest BCUT2D eigenvalue weighted by molar-refractivity contribution is 5.06. The molecular formula is C15H27N3O. The van der Waals surface area contributed by atoms with Crippen LogP contribution in [-0.4, -0.2) is 35.6 Å². The van der Waals surface area contributed by atoms with Crippen LogP contribution in [0.5, 0.6) is 0 Å². The van der Waals surface area contributed by atoms with Crippen LogP contribution in [0.3, 0.4) is 0 Å². The summed E-state index contributed by atoms with van der Waals surface area (Å²) >= 11 is 0. The number of rotatable bonds is 8. The Labute approximate surface area is 116 Å². The van der Waals surface area contributed by atoms with Gasteiger partial charge >= 0.3 is 0 Å². The third-order valence-corrected chi connectivity index (χ3v) is 3.82. The second-order valence-electron chi connectivity index (χ2n) is 5.52. The van der Waals surface area contributed by atoms with Gasteiger partial charge in [-0.05, 0) is 50.6 Å². The quantitative estimate of drug-likeness (QED) is 0.783. The van der Waals surface area contributed by atoms with Gasteiger partial charge in [0.25, 0.3) is 0 Å². The van der Waals surface area contributed by atoms with Gasteiger partial charge in [0, 0.05) is 32.0 Å². The summed E-state index contributed by atoms with van der Waals surface area (Å²) in [7, 11) is 0. The number of aryl methyl sites for hydroxylation is 1. The molecule has 1 saturated heterocycles.